The van der Waals surface area contributed by atoms with Gasteiger partial charge in [-0.25, -0.2) is 25.6 Å². The van der Waals surface area contributed by atoms with Crippen molar-refractivity contribution in [3.8, 4) is 0 Å². The van der Waals surface area contributed by atoms with Crippen LogP contribution in [0.1, 0.15) is 0 Å². The zero-order valence-electron chi connectivity index (χ0n) is 11.5. The SMILES string of the molecule is CS(=O)(=O)c1ccc(Cl)c(S(=O)(=O)Nc2cccc(F)c2F)c1. The Bertz CT molecular complexity index is 975. The van der Waals surface area contributed by atoms with Crippen molar-refractivity contribution in [2.75, 3.05) is 11.0 Å². The molecule has 0 heterocycles. The fourth-order valence-corrected chi connectivity index (χ4v) is 4.01. The van der Waals surface area contributed by atoms with Gasteiger partial charge in [0.05, 0.1) is 15.6 Å². The molecule has 0 radical (unpaired) electrons. The number of nitrogens with one attached hydrogen (secondary N) is 1. The number of hydrogen-bond acceptors (Lipinski definition) is 4. The maximum atomic E-state index is 13.6. The van der Waals surface area contributed by atoms with Gasteiger partial charge in [-0.05, 0) is 30.3 Å². The molecule has 2 rings (SSSR count). The molecule has 0 aromatic heterocycles. The summed E-state index contributed by atoms with van der Waals surface area (Å²) in [6.07, 6.45) is 0.895. The topological polar surface area (TPSA) is 80.3 Å². The molecule has 23 heavy (non-hydrogen) atoms. The third-order valence-electron chi connectivity index (χ3n) is 2.82. The van der Waals surface area contributed by atoms with E-state index in [0.717, 1.165) is 42.7 Å². The van der Waals surface area contributed by atoms with E-state index >= 15 is 0 Å². The van der Waals surface area contributed by atoms with Crippen molar-refractivity contribution in [3.63, 3.8) is 0 Å². The Hall–Kier alpha value is -1.71. The fourth-order valence-electron chi connectivity index (χ4n) is 1.70. The molecule has 0 atom stereocenters. The van der Waals surface area contributed by atoms with E-state index in [0.29, 0.717) is 0 Å². The number of halogens is 3. The predicted octanol–water partition coefficient (Wildman–Crippen LogP) is 2.82. The van der Waals surface area contributed by atoms with E-state index in [4.69, 9.17) is 11.6 Å². The summed E-state index contributed by atoms with van der Waals surface area (Å²) in [5, 5.41) is -0.262. The zero-order chi connectivity index (χ0) is 17.4. The second kappa shape index (κ2) is 6.06. The summed E-state index contributed by atoms with van der Waals surface area (Å²) in [5.41, 5.74) is -0.620. The van der Waals surface area contributed by atoms with Gasteiger partial charge < -0.3 is 0 Å². The molecule has 5 nitrogen and oxygen atoms in total. The summed E-state index contributed by atoms with van der Waals surface area (Å²) in [6, 6.07) is 6.03. The second-order valence-electron chi connectivity index (χ2n) is 4.57. The zero-order valence-corrected chi connectivity index (χ0v) is 13.9. The summed E-state index contributed by atoms with van der Waals surface area (Å²) in [4.78, 5) is -0.840. The van der Waals surface area contributed by atoms with Crippen molar-refractivity contribution in [2.24, 2.45) is 0 Å². The van der Waals surface area contributed by atoms with Gasteiger partial charge in [-0.1, -0.05) is 17.7 Å². The van der Waals surface area contributed by atoms with Crippen LogP contribution in [0.3, 0.4) is 0 Å². The largest absolute Gasteiger partial charge is 0.276 e. The summed E-state index contributed by atoms with van der Waals surface area (Å²) in [7, 11) is -8.09. The molecule has 0 unspecified atom stereocenters. The van der Waals surface area contributed by atoms with Crippen LogP contribution in [0.15, 0.2) is 46.2 Å². The Kier molecular flexibility index (Phi) is 4.65. The van der Waals surface area contributed by atoms with Gasteiger partial charge in [-0.15, -0.1) is 0 Å². The van der Waals surface area contributed by atoms with Gasteiger partial charge in [0.1, 0.15) is 4.90 Å². The van der Waals surface area contributed by atoms with E-state index in [1.807, 2.05) is 4.72 Å². The highest BCUT2D eigenvalue weighted by Crippen LogP contribution is 2.27. The van der Waals surface area contributed by atoms with Gasteiger partial charge in [-0.2, -0.15) is 0 Å². The minimum atomic E-state index is -4.42. The summed E-state index contributed by atoms with van der Waals surface area (Å²) in [6.45, 7) is 0. The summed E-state index contributed by atoms with van der Waals surface area (Å²) < 4.78 is 76.2. The first-order valence-corrected chi connectivity index (χ1v) is 9.74. The number of hydrogen-bond donors (Lipinski definition) is 1. The predicted molar refractivity (Wildman–Crippen MR) is 81.7 cm³/mol. The average Bonchev–Trinajstić information content (AvgIpc) is 2.42. The Morgan fingerprint density at radius 3 is 2.30 bits per heavy atom. The van der Waals surface area contributed by atoms with Gasteiger partial charge in [0, 0.05) is 6.26 Å². The molecule has 0 fully saturated rings. The van der Waals surface area contributed by atoms with Gasteiger partial charge in [0.2, 0.25) is 0 Å². The highest BCUT2D eigenvalue weighted by molar-refractivity contribution is 7.93. The van der Waals surface area contributed by atoms with E-state index in [-0.39, 0.29) is 9.92 Å². The molecule has 0 aliphatic heterocycles. The number of sulfone groups is 1. The van der Waals surface area contributed by atoms with Crippen molar-refractivity contribution in [2.45, 2.75) is 9.79 Å². The molecule has 0 bridgehead atoms. The van der Waals surface area contributed by atoms with E-state index in [2.05, 4.69) is 0 Å². The number of anilines is 1. The molecule has 2 aromatic carbocycles. The Labute approximate surface area is 136 Å². The first kappa shape index (κ1) is 17.6. The van der Waals surface area contributed by atoms with Crippen LogP contribution in [0.5, 0.6) is 0 Å². The van der Waals surface area contributed by atoms with Crippen LogP contribution in [-0.4, -0.2) is 23.1 Å². The lowest BCUT2D eigenvalue weighted by atomic mass is 10.3. The Balaban J connectivity index is 2.54. The fraction of sp³-hybridized carbons (Fsp3) is 0.0769. The maximum Gasteiger partial charge on any atom is 0.263 e. The molecule has 1 N–H and O–H groups in total. The minimum Gasteiger partial charge on any atom is -0.276 e. The standard InChI is InChI=1S/C13H10ClF2NO4S2/c1-22(18,19)8-5-6-9(14)12(7-8)23(20,21)17-11-4-2-3-10(15)13(11)16/h2-7,17H,1H3. The molecular weight excluding hydrogens is 372 g/mol. The van der Waals surface area contributed by atoms with Gasteiger partial charge >= 0.3 is 0 Å². The minimum absolute atomic E-state index is 0.262. The smallest absolute Gasteiger partial charge is 0.263 e. The maximum absolute atomic E-state index is 13.6. The van der Waals surface area contributed by atoms with Crippen LogP contribution in [0, 0.1) is 11.6 Å². The molecule has 0 saturated heterocycles. The summed E-state index contributed by atoms with van der Waals surface area (Å²) >= 11 is 5.79. The molecule has 0 aliphatic carbocycles. The normalized spacial score (nSPS) is 12.2. The highest BCUT2D eigenvalue weighted by atomic mass is 35.5. The molecular formula is C13H10ClF2NO4S2. The molecule has 2 aromatic rings. The molecule has 0 saturated carbocycles. The molecule has 10 heteroatoms. The highest BCUT2D eigenvalue weighted by Gasteiger charge is 2.23. The van der Waals surface area contributed by atoms with Crippen molar-refractivity contribution in [1.82, 2.24) is 0 Å². The van der Waals surface area contributed by atoms with Crippen LogP contribution in [0.4, 0.5) is 14.5 Å². The van der Waals surface area contributed by atoms with E-state index in [9.17, 15) is 25.6 Å². The lowest BCUT2D eigenvalue weighted by Crippen LogP contribution is -2.15. The lowest BCUT2D eigenvalue weighted by molar-refractivity contribution is 0.511. The number of benzene rings is 2. The molecule has 0 aliphatic rings. The second-order valence-corrected chi connectivity index (χ2v) is 8.65. The number of sulfonamides is 1. The van der Waals surface area contributed by atoms with Crippen molar-refractivity contribution in [3.05, 3.63) is 53.1 Å². The van der Waals surface area contributed by atoms with E-state index in [1.165, 1.54) is 0 Å². The van der Waals surface area contributed by atoms with Crippen LogP contribution in [0.25, 0.3) is 0 Å². The third-order valence-corrected chi connectivity index (χ3v) is 5.77. The number of rotatable bonds is 4. The lowest BCUT2D eigenvalue weighted by Gasteiger charge is -2.11. The van der Waals surface area contributed by atoms with Crippen molar-refractivity contribution in [1.29, 1.82) is 0 Å². The van der Waals surface area contributed by atoms with E-state index in [1.54, 1.807) is 0 Å². The Morgan fingerprint density at radius 2 is 1.70 bits per heavy atom. The van der Waals surface area contributed by atoms with Gasteiger partial charge in [-0.3, -0.25) is 4.72 Å². The van der Waals surface area contributed by atoms with Crippen LogP contribution in [0.2, 0.25) is 5.02 Å². The van der Waals surface area contributed by atoms with E-state index < -0.39 is 42.1 Å². The van der Waals surface area contributed by atoms with Gasteiger partial charge in [0.25, 0.3) is 10.0 Å². The monoisotopic (exact) mass is 381 g/mol. The first-order chi connectivity index (χ1) is 10.5. The van der Waals surface area contributed by atoms with Gasteiger partial charge in [0.15, 0.2) is 21.5 Å². The Morgan fingerprint density at radius 1 is 1.04 bits per heavy atom. The third kappa shape index (κ3) is 3.80. The quantitative estimate of drug-likeness (QED) is 0.883. The van der Waals surface area contributed by atoms with Crippen molar-refractivity contribution >= 4 is 37.1 Å². The van der Waals surface area contributed by atoms with Crippen LogP contribution >= 0.6 is 11.6 Å². The molecule has 0 amide bonds. The summed E-state index contributed by atoms with van der Waals surface area (Å²) in [5.74, 6) is -2.62. The molecule has 124 valence electrons. The van der Waals surface area contributed by atoms with Crippen molar-refractivity contribution < 1.29 is 25.6 Å². The van der Waals surface area contributed by atoms with Crippen LogP contribution in [-0.2, 0) is 19.9 Å². The average molecular weight is 382 g/mol. The molecule has 0 spiro atoms. The van der Waals surface area contributed by atoms with Crippen LogP contribution < -0.4 is 4.72 Å². The first-order valence-electron chi connectivity index (χ1n) is 5.99.